The first-order valence-corrected chi connectivity index (χ1v) is 24.2. The van der Waals surface area contributed by atoms with E-state index in [0.29, 0.717) is 13.1 Å². The minimum atomic E-state index is -1.24. The number of methoxy groups -OCH3 is 2. The predicted octanol–water partition coefficient (Wildman–Crippen LogP) is 6.55. The molecule has 0 radical (unpaired) electrons. The number of aromatic amines is 2. The molecular weight excluding hydrogens is 853 g/mol. The van der Waals surface area contributed by atoms with Crippen LogP contribution in [0.2, 0.25) is 0 Å². The molecule has 18 heteroatoms. The number of hydrogen-bond donors (Lipinski definition) is 5. The lowest BCUT2D eigenvalue weighted by Crippen LogP contribution is -2.52. The summed E-state index contributed by atoms with van der Waals surface area (Å²) in [6.07, 6.45) is 10.6. The van der Waals surface area contributed by atoms with Gasteiger partial charge >= 0.3 is 6.09 Å². The van der Waals surface area contributed by atoms with Gasteiger partial charge in [0.25, 0.3) is 0 Å². The normalized spacial score (nSPS) is 22.6. The van der Waals surface area contributed by atoms with Gasteiger partial charge in [-0.25, -0.2) is 24.7 Å². The van der Waals surface area contributed by atoms with Crippen LogP contribution in [0.15, 0.2) is 48.8 Å². The van der Waals surface area contributed by atoms with Gasteiger partial charge in [-0.1, -0.05) is 39.8 Å². The average Bonchev–Trinajstić information content (AvgIpc) is 4.20. The fourth-order valence-electron chi connectivity index (χ4n) is 10.8. The van der Waals surface area contributed by atoms with E-state index in [9.17, 15) is 19.5 Å². The zero-order chi connectivity index (χ0) is 46.9. The third kappa shape index (κ3) is 9.39. The molecule has 5 aromatic rings. The van der Waals surface area contributed by atoms with Crippen molar-refractivity contribution in [3.63, 3.8) is 0 Å². The van der Waals surface area contributed by atoms with E-state index in [0.717, 1.165) is 121 Å². The Bertz CT molecular complexity index is 2540. The molecule has 3 amide bonds. The molecule has 4 aliphatic heterocycles. The van der Waals surface area contributed by atoms with Gasteiger partial charge in [-0.15, -0.1) is 0 Å². The number of hydrogen-bond acceptors (Lipinski definition) is 13. The minimum absolute atomic E-state index is 0.00110. The Hall–Kier alpha value is -5.85. The Kier molecular flexibility index (Phi) is 13.7. The molecule has 9 rings (SSSR count). The van der Waals surface area contributed by atoms with Gasteiger partial charge in [-0.2, -0.15) is 0 Å². The number of aromatic nitrogens is 6. The Morgan fingerprint density at radius 2 is 1.21 bits per heavy atom. The minimum Gasteiger partial charge on any atom is -0.453 e. The number of nitrogens with one attached hydrogen (secondary N) is 4. The fourth-order valence-corrected chi connectivity index (χ4v) is 10.8. The number of fused-ring (bicyclic) bond motifs is 2. The van der Waals surface area contributed by atoms with Crippen LogP contribution < -0.4 is 20.4 Å². The lowest BCUT2D eigenvalue weighted by molar-refractivity contribution is -0.145. The third-order valence-corrected chi connectivity index (χ3v) is 14.3. The van der Waals surface area contributed by atoms with Crippen LogP contribution in [0.3, 0.4) is 0 Å². The molecular formula is C49H66N12O6. The van der Waals surface area contributed by atoms with Gasteiger partial charge in [0.15, 0.2) is 0 Å². The number of anilines is 2. The molecule has 2 aromatic carbocycles. The third-order valence-electron chi connectivity index (χ3n) is 14.3. The summed E-state index contributed by atoms with van der Waals surface area (Å²) in [6, 6.07) is 11.1. The maximum atomic E-state index is 13.9. The summed E-state index contributed by atoms with van der Waals surface area (Å²) in [6.45, 7) is 10.8. The molecule has 0 spiro atoms. The summed E-state index contributed by atoms with van der Waals surface area (Å²) < 4.78 is 9.87. The molecule has 358 valence electrons. The number of rotatable bonds is 14. The summed E-state index contributed by atoms with van der Waals surface area (Å²) in [5.41, 5.74) is 6.69. The Morgan fingerprint density at radius 3 is 1.70 bits per heavy atom. The second-order valence-corrected chi connectivity index (χ2v) is 19.3. The van der Waals surface area contributed by atoms with Crippen LogP contribution >= 0.6 is 0 Å². The van der Waals surface area contributed by atoms with Crippen molar-refractivity contribution in [1.29, 1.82) is 0 Å². The zero-order valence-corrected chi connectivity index (χ0v) is 39.6. The maximum absolute atomic E-state index is 13.9. The summed E-state index contributed by atoms with van der Waals surface area (Å²) in [5, 5.41) is 15.9. The molecule has 5 N–H and O–H groups in total. The second-order valence-electron chi connectivity index (χ2n) is 19.3. The standard InChI is InChI=1S/C49H66N12O6/c1-28(2)41(56-48(64)66-5)45(62)59-22-10-12-39(59)43-52-33-16-14-30(24-35(33)54-43)37-18-19-38(61(37)32-26-50-47(51-27-32)58-20-8-7-9-21-58)31-15-17-34-36(25-31)55-44(53-34)40-13-11-23-60(40)46(63)42(29(3)4)57-49(65)67-6/h14-17,24-29,37-42,48,56,64H,7-13,18-23H2,1-6H3,(H,52,54)(H,53,55)(H,57,65)/t37-,38-,39+,40+,41+,42+,48-/m1/s1. The Labute approximate surface area is 391 Å². The van der Waals surface area contributed by atoms with E-state index in [4.69, 9.17) is 29.4 Å². The van der Waals surface area contributed by atoms with Crippen molar-refractivity contribution in [3.8, 4) is 0 Å². The highest BCUT2D eigenvalue weighted by Gasteiger charge is 2.41. The molecule has 67 heavy (non-hydrogen) atoms. The number of likely N-dealkylation sites (tertiary alicyclic amines) is 2. The van der Waals surface area contributed by atoms with Gasteiger partial charge in [-0.05, 0) is 105 Å². The molecule has 0 saturated carbocycles. The Balaban J connectivity index is 1.01. The molecule has 7 atom stereocenters. The maximum Gasteiger partial charge on any atom is 0.407 e. The number of imidazole rings is 2. The van der Waals surface area contributed by atoms with Crippen LogP contribution in [-0.2, 0) is 19.1 Å². The lowest BCUT2D eigenvalue weighted by atomic mass is 10.0. The number of amides is 3. The van der Waals surface area contributed by atoms with Gasteiger partial charge < -0.3 is 49.5 Å². The van der Waals surface area contributed by atoms with Crippen molar-refractivity contribution in [2.75, 3.05) is 50.2 Å². The number of H-pyrrole nitrogens is 2. The smallest absolute Gasteiger partial charge is 0.407 e. The molecule has 7 heterocycles. The number of piperidine rings is 1. The molecule has 0 bridgehead atoms. The highest BCUT2D eigenvalue weighted by atomic mass is 16.6. The first kappa shape index (κ1) is 46.3. The highest BCUT2D eigenvalue weighted by molar-refractivity contribution is 5.87. The molecule has 18 nitrogen and oxygen atoms in total. The fraction of sp³-hybridized carbons (Fsp3) is 0.571. The lowest BCUT2D eigenvalue weighted by Gasteiger charge is -2.33. The molecule has 4 fully saturated rings. The molecule has 4 saturated heterocycles. The quantitative estimate of drug-likeness (QED) is 0.0750. The second kappa shape index (κ2) is 19.8. The van der Waals surface area contributed by atoms with Gasteiger partial charge in [-0.3, -0.25) is 14.9 Å². The predicted molar refractivity (Wildman–Crippen MR) is 254 cm³/mol. The van der Waals surface area contributed by atoms with Gasteiger partial charge in [0, 0.05) is 33.3 Å². The average molecular weight is 919 g/mol. The van der Waals surface area contributed by atoms with Crippen molar-refractivity contribution in [2.45, 2.75) is 128 Å². The number of alkyl carbamates (subject to hydrolysis) is 1. The molecule has 0 unspecified atom stereocenters. The number of aliphatic hydroxyl groups is 1. The van der Waals surface area contributed by atoms with Gasteiger partial charge in [0.05, 0.1) is 77.5 Å². The number of carbonyl (C=O) groups excluding carboxylic acids is 3. The van der Waals surface area contributed by atoms with E-state index < -0.39 is 24.6 Å². The number of aliphatic hydroxyl groups excluding tert-OH is 1. The number of ether oxygens (including phenoxy) is 2. The first-order chi connectivity index (χ1) is 32.4. The van der Waals surface area contributed by atoms with Crippen molar-refractivity contribution in [2.24, 2.45) is 11.8 Å². The Morgan fingerprint density at radius 1 is 0.687 bits per heavy atom. The van der Waals surface area contributed by atoms with Crippen molar-refractivity contribution in [3.05, 3.63) is 71.6 Å². The summed E-state index contributed by atoms with van der Waals surface area (Å²) >= 11 is 0. The van der Waals surface area contributed by atoms with E-state index in [-0.39, 0.29) is 47.8 Å². The van der Waals surface area contributed by atoms with E-state index in [1.807, 2.05) is 49.9 Å². The molecule has 0 aliphatic carbocycles. The van der Waals surface area contributed by atoms with Crippen molar-refractivity contribution in [1.82, 2.24) is 50.3 Å². The summed E-state index contributed by atoms with van der Waals surface area (Å²) in [7, 11) is 2.70. The summed E-state index contributed by atoms with van der Waals surface area (Å²) in [5.74, 6) is 1.84. The van der Waals surface area contributed by atoms with Gasteiger partial charge in [0.1, 0.15) is 17.7 Å². The van der Waals surface area contributed by atoms with E-state index >= 15 is 0 Å². The monoisotopic (exact) mass is 919 g/mol. The first-order valence-electron chi connectivity index (χ1n) is 24.2. The van der Waals surface area contributed by atoms with Crippen LogP contribution in [0.4, 0.5) is 16.4 Å². The number of carbonyl (C=O) groups is 3. The molecule has 3 aromatic heterocycles. The zero-order valence-electron chi connectivity index (χ0n) is 39.6. The highest BCUT2D eigenvalue weighted by Crippen LogP contribution is 2.48. The van der Waals surface area contributed by atoms with Crippen LogP contribution in [0.5, 0.6) is 0 Å². The van der Waals surface area contributed by atoms with Crippen LogP contribution in [0.1, 0.15) is 132 Å². The van der Waals surface area contributed by atoms with Crippen LogP contribution in [-0.4, -0.2) is 122 Å². The summed E-state index contributed by atoms with van der Waals surface area (Å²) in [4.78, 5) is 75.7. The number of benzene rings is 2. The topological polar surface area (TPSA) is 210 Å². The van der Waals surface area contributed by atoms with E-state index in [1.165, 1.54) is 20.6 Å². The van der Waals surface area contributed by atoms with Crippen molar-refractivity contribution < 1.29 is 29.0 Å². The van der Waals surface area contributed by atoms with E-state index in [2.05, 4.69) is 66.8 Å². The van der Waals surface area contributed by atoms with Crippen LogP contribution in [0, 0.1) is 11.8 Å². The van der Waals surface area contributed by atoms with Crippen molar-refractivity contribution >= 4 is 51.6 Å². The number of nitrogens with zero attached hydrogens (tertiary/aromatic N) is 8. The SMILES string of the molecule is COC(=O)N[C@H](C(=O)N1CCC[C@H]1c1nc2ccc([C@H]3CC[C@H](c4ccc5nc([C@@H]6CCCN6C(=O)[C@@H](N[C@H](O)OC)C(C)C)[nH]c5c4)N3c3cnc(N4CCCCC4)nc3)cc2[nH]1)C(C)C. The molecule has 4 aliphatic rings. The van der Waals surface area contributed by atoms with Crippen LogP contribution in [0.25, 0.3) is 22.1 Å². The van der Waals surface area contributed by atoms with Gasteiger partial charge in [0.2, 0.25) is 24.2 Å². The largest absolute Gasteiger partial charge is 0.453 e. The van der Waals surface area contributed by atoms with E-state index in [1.54, 1.807) is 0 Å².